The molecular formula is C19H21N3OS. The van der Waals surface area contributed by atoms with Crippen molar-refractivity contribution >= 4 is 22.2 Å². The molecule has 4 nitrogen and oxygen atoms in total. The van der Waals surface area contributed by atoms with Gasteiger partial charge in [-0.05, 0) is 44.2 Å². The predicted octanol–water partition coefficient (Wildman–Crippen LogP) is 5.09. The van der Waals surface area contributed by atoms with E-state index in [0.717, 1.165) is 30.1 Å². The van der Waals surface area contributed by atoms with Gasteiger partial charge < -0.3 is 10.1 Å². The van der Waals surface area contributed by atoms with Crippen LogP contribution in [-0.4, -0.2) is 11.1 Å². The summed E-state index contributed by atoms with van der Waals surface area (Å²) in [5.41, 5.74) is 2.63. The number of anilines is 2. The first-order valence-electron chi connectivity index (χ1n) is 8.74. The fraction of sp³-hybridized carbons (Fsp3) is 0.474. The Balaban J connectivity index is 1.54. The molecule has 24 heavy (non-hydrogen) atoms. The van der Waals surface area contributed by atoms with Gasteiger partial charge in [0.1, 0.15) is 6.07 Å². The van der Waals surface area contributed by atoms with E-state index in [4.69, 9.17) is 9.72 Å². The summed E-state index contributed by atoms with van der Waals surface area (Å²) in [6, 6.07) is 9.78. The normalized spacial score (nSPS) is 20.5. The summed E-state index contributed by atoms with van der Waals surface area (Å²) in [7, 11) is 0. The van der Waals surface area contributed by atoms with Crippen molar-refractivity contribution in [3.63, 3.8) is 0 Å². The van der Waals surface area contributed by atoms with Crippen LogP contribution in [0.3, 0.4) is 0 Å². The van der Waals surface area contributed by atoms with Crippen LogP contribution in [0.5, 0.6) is 0 Å². The van der Waals surface area contributed by atoms with Gasteiger partial charge in [0.05, 0.1) is 34.0 Å². The Morgan fingerprint density at radius 1 is 1.17 bits per heavy atom. The Bertz CT molecular complexity index is 758. The maximum Gasteiger partial charge on any atom is 0.187 e. The first kappa shape index (κ1) is 15.6. The molecule has 1 heterocycles. The molecule has 1 aromatic carbocycles. The van der Waals surface area contributed by atoms with Gasteiger partial charge >= 0.3 is 0 Å². The van der Waals surface area contributed by atoms with Crippen molar-refractivity contribution in [1.29, 1.82) is 5.26 Å². The Morgan fingerprint density at radius 3 is 2.83 bits per heavy atom. The maximum atomic E-state index is 9.23. The lowest BCUT2D eigenvalue weighted by Gasteiger charge is -2.24. The van der Waals surface area contributed by atoms with Crippen molar-refractivity contribution < 1.29 is 4.74 Å². The molecule has 1 saturated carbocycles. The molecule has 0 radical (unpaired) electrons. The Labute approximate surface area is 146 Å². The molecular weight excluding hydrogens is 318 g/mol. The van der Waals surface area contributed by atoms with Crippen molar-refractivity contribution in [1.82, 2.24) is 4.98 Å². The van der Waals surface area contributed by atoms with Gasteiger partial charge in [0.25, 0.3) is 0 Å². The van der Waals surface area contributed by atoms with Gasteiger partial charge in [-0.2, -0.15) is 5.26 Å². The Morgan fingerprint density at radius 2 is 2.00 bits per heavy atom. The second-order valence-corrected chi connectivity index (χ2v) is 7.57. The van der Waals surface area contributed by atoms with Gasteiger partial charge in [0.15, 0.2) is 5.13 Å². The molecule has 124 valence electrons. The topological polar surface area (TPSA) is 57.9 Å². The van der Waals surface area contributed by atoms with Crippen LogP contribution in [-0.2, 0) is 11.2 Å². The van der Waals surface area contributed by atoms with Crippen LogP contribution in [0, 0.1) is 11.3 Å². The summed E-state index contributed by atoms with van der Waals surface area (Å²) in [6.07, 6.45) is 8.89. The van der Waals surface area contributed by atoms with Crippen molar-refractivity contribution in [3.8, 4) is 6.07 Å². The van der Waals surface area contributed by atoms with Gasteiger partial charge in [-0.25, -0.2) is 4.98 Å². The lowest BCUT2D eigenvalue weighted by Crippen LogP contribution is -2.17. The van der Waals surface area contributed by atoms with E-state index in [1.165, 1.54) is 36.3 Å². The highest BCUT2D eigenvalue weighted by Crippen LogP contribution is 2.41. The summed E-state index contributed by atoms with van der Waals surface area (Å²) in [5.74, 6) is 0. The molecule has 2 aliphatic rings. The first-order valence-corrected chi connectivity index (χ1v) is 9.56. The number of hydrogen-bond donors (Lipinski definition) is 1. The average molecular weight is 339 g/mol. The average Bonchev–Trinajstić information content (AvgIpc) is 3.25. The van der Waals surface area contributed by atoms with Crippen LogP contribution in [0.15, 0.2) is 24.3 Å². The summed E-state index contributed by atoms with van der Waals surface area (Å²) >= 11 is 1.68. The monoisotopic (exact) mass is 339 g/mol. The number of aromatic nitrogens is 1. The zero-order valence-corrected chi connectivity index (χ0v) is 14.4. The summed E-state index contributed by atoms with van der Waals surface area (Å²) in [6.45, 7) is 0. The van der Waals surface area contributed by atoms with E-state index >= 15 is 0 Å². The molecule has 0 bridgehead atoms. The van der Waals surface area contributed by atoms with Gasteiger partial charge in [-0.1, -0.05) is 36.3 Å². The summed E-state index contributed by atoms with van der Waals surface area (Å²) in [4.78, 5) is 6.05. The molecule has 1 N–H and O–H groups in total. The highest BCUT2D eigenvalue weighted by atomic mass is 32.1. The van der Waals surface area contributed by atoms with Crippen LogP contribution in [0.4, 0.5) is 10.8 Å². The fourth-order valence-electron chi connectivity index (χ4n) is 3.63. The van der Waals surface area contributed by atoms with E-state index in [0.29, 0.717) is 11.7 Å². The zero-order chi connectivity index (χ0) is 16.4. The number of ether oxygens (including phenoxy) is 1. The van der Waals surface area contributed by atoms with E-state index in [-0.39, 0.29) is 6.10 Å². The highest BCUT2D eigenvalue weighted by Gasteiger charge is 2.29. The van der Waals surface area contributed by atoms with Gasteiger partial charge in [-0.3, -0.25) is 0 Å². The minimum absolute atomic E-state index is 0.205. The Hall–Kier alpha value is -1.90. The SMILES string of the molecule is N#Cc1ccccc1Nc1nc2c(s1)C(OC1CCCC1)CCC2. The molecule has 0 spiro atoms. The molecule has 2 aliphatic carbocycles. The fourth-order valence-corrected chi connectivity index (χ4v) is 4.72. The van der Waals surface area contributed by atoms with Crippen LogP contribution < -0.4 is 5.32 Å². The van der Waals surface area contributed by atoms with E-state index in [2.05, 4.69) is 11.4 Å². The number of hydrogen-bond acceptors (Lipinski definition) is 5. The number of nitrogens with zero attached hydrogens (tertiary/aromatic N) is 2. The zero-order valence-electron chi connectivity index (χ0n) is 13.6. The molecule has 0 aliphatic heterocycles. The van der Waals surface area contributed by atoms with Crippen molar-refractivity contribution in [3.05, 3.63) is 40.4 Å². The van der Waals surface area contributed by atoms with E-state index in [1.54, 1.807) is 11.3 Å². The third kappa shape index (κ3) is 3.17. The predicted molar refractivity (Wildman–Crippen MR) is 95.6 cm³/mol. The minimum Gasteiger partial charge on any atom is -0.369 e. The molecule has 1 unspecified atom stereocenters. The van der Waals surface area contributed by atoms with E-state index in [1.807, 2.05) is 24.3 Å². The maximum absolute atomic E-state index is 9.23. The van der Waals surface area contributed by atoms with Gasteiger partial charge in [0.2, 0.25) is 0 Å². The quantitative estimate of drug-likeness (QED) is 0.842. The summed E-state index contributed by atoms with van der Waals surface area (Å²) in [5, 5.41) is 13.4. The molecule has 0 saturated heterocycles. The second kappa shape index (κ2) is 6.92. The van der Waals surface area contributed by atoms with Crippen molar-refractivity contribution in [2.75, 3.05) is 5.32 Å². The lowest BCUT2D eigenvalue weighted by molar-refractivity contribution is -0.0163. The lowest BCUT2D eigenvalue weighted by atomic mass is 10.00. The number of nitrogens with one attached hydrogen (secondary N) is 1. The first-order chi connectivity index (χ1) is 11.8. The van der Waals surface area contributed by atoms with Gasteiger partial charge in [0, 0.05) is 0 Å². The molecule has 2 aromatic rings. The van der Waals surface area contributed by atoms with E-state index in [9.17, 15) is 5.26 Å². The van der Waals surface area contributed by atoms with Crippen LogP contribution in [0.2, 0.25) is 0 Å². The third-order valence-corrected chi connectivity index (χ3v) is 5.95. The molecule has 0 amide bonds. The standard InChI is InChI=1S/C19H21N3OS/c20-12-13-6-1-4-9-15(13)21-19-22-16-10-5-11-17(18(16)24-19)23-14-7-2-3-8-14/h1,4,6,9,14,17H,2-3,5,7-8,10-11H2,(H,21,22). The number of rotatable bonds is 4. The second-order valence-electron chi connectivity index (χ2n) is 6.54. The molecule has 5 heteroatoms. The van der Waals surface area contributed by atoms with Gasteiger partial charge in [-0.15, -0.1) is 0 Å². The third-order valence-electron chi connectivity index (χ3n) is 4.85. The largest absolute Gasteiger partial charge is 0.369 e. The number of fused-ring (bicyclic) bond motifs is 1. The number of aryl methyl sites for hydroxylation is 1. The highest BCUT2D eigenvalue weighted by molar-refractivity contribution is 7.15. The number of benzene rings is 1. The molecule has 1 aromatic heterocycles. The molecule has 4 rings (SSSR count). The summed E-state index contributed by atoms with van der Waals surface area (Å²) < 4.78 is 6.38. The van der Waals surface area contributed by atoms with Crippen LogP contribution in [0.25, 0.3) is 0 Å². The number of thiazole rings is 1. The minimum atomic E-state index is 0.205. The molecule has 1 atom stereocenters. The van der Waals surface area contributed by atoms with Crippen LogP contribution in [0.1, 0.15) is 60.8 Å². The number of nitriles is 1. The van der Waals surface area contributed by atoms with Crippen molar-refractivity contribution in [2.45, 2.75) is 57.2 Å². The van der Waals surface area contributed by atoms with E-state index < -0.39 is 0 Å². The molecule has 1 fully saturated rings. The Kier molecular flexibility index (Phi) is 4.50. The van der Waals surface area contributed by atoms with Crippen molar-refractivity contribution in [2.24, 2.45) is 0 Å². The van der Waals surface area contributed by atoms with Crippen LogP contribution >= 0.6 is 11.3 Å². The number of para-hydroxylation sites is 1. The smallest absolute Gasteiger partial charge is 0.187 e.